The van der Waals surface area contributed by atoms with Crippen LogP contribution in [-0.2, 0) is 24.0 Å². The molecule has 3 atom stereocenters. The molecule has 0 aromatic heterocycles. The van der Waals surface area contributed by atoms with Crippen LogP contribution in [0, 0.1) is 0 Å². The first-order valence-electron chi connectivity index (χ1n) is 6.77. The summed E-state index contributed by atoms with van der Waals surface area (Å²) in [5, 5.41) is 24.0. The first-order valence-corrected chi connectivity index (χ1v) is 7.40. The second kappa shape index (κ2) is 10.4. The quantitative estimate of drug-likeness (QED) is 0.198. The van der Waals surface area contributed by atoms with Crippen LogP contribution in [0.5, 0.6) is 0 Å². The molecule has 0 spiro atoms. The van der Waals surface area contributed by atoms with Gasteiger partial charge in [-0.1, -0.05) is 0 Å². The summed E-state index contributed by atoms with van der Waals surface area (Å²) in [6, 6.07) is -3.70. The molecule has 0 fully saturated rings. The van der Waals surface area contributed by atoms with E-state index in [-0.39, 0.29) is 5.75 Å². The zero-order valence-corrected chi connectivity index (χ0v) is 13.7. The van der Waals surface area contributed by atoms with Crippen molar-refractivity contribution >= 4 is 42.3 Å². The number of carbonyl (C=O) groups excluding carboxylic acids is 3. The number of aliphatic carboxylic acids is 2. The van der Waals surface area contributed by atoms with E-state index in [1.807, 2.05) is 0 Å². The van der Waals surface area contributed by atoms with Crippen molar-refractivity contribution in [1.29, 1.82) is 0 Å². The summed E-state index contributed by atoms with van der Waals surface area (Å²) in [7, 11) is 0. The summed E-state index contributed by atoms with van der Waals surface area (Å²) in [6.07, 6.45) is -0.766. The van der Waals surface area contributed by atoms with E-state index in [9.17, 15) is 24.0 Å². The molecule has 0 radical (unpaired) electrons. The third kappa shape index (κ3) is 8.33. The van der Waals surface area contributed by atoms with E-state index in [4.69, 9.17) is 15.9 Å². The Morgan fingerprint density at radius 3 is 2.04 bits per heavy atom. The number of carboxylic acid groups (broad SMARTS) is 2. The second-order valence-corrected chi connectivity index (χ2v) is 5.17. The number of hydrogen-bond donors (Lipinski definition) is 7. The first kappa shape index (κ1) is 21.7. The molecule has 0 saturated carbocycles. The number of nitrogens with two attached hydrogens (primary N) is 1. The van der Waals surface area contributed by atoms with E-state index in [1.54, 1.807) is 0 Å². The van der Waals surface area contributed by atoms with Crippen LogP contribution in [0.15, 0.2) is 0 Å². The average molecular weight is 364 g/mol. The molecule has 0 bridgehead atoms. The van der Waals surface area contributed by atoms with Crippen molar-refractivity contribution in [1.82, 2.24) is 16.0 Å². The minimum absolute atomic E-state index is 0.223. The molecule has 3 unspecified atom stereocenters. The number of amides is 3. The van der Waals surface area contributed by atoms with Crippen molar-refractivity contribution in [2.45, 2.75) is 31.5 Å². The highest BCUT2D eigenvalue weighted by atomic mass is 32.1. The monoisotopic (exact) mass is 364 g/mol. The standard InChI is InChI=1S/C12H20N4O7S/c1-5(13)10(20)14-3-8(17)15-6(2-9(18)19)11(21)16-7(4-24)12(22)23/h5-7,24H,2-4,13H2,1H3,(H,14,20)(H,15,17)(H,16,21)(H,18,19)(H,22,23). The Morgan fingerprint density at radius 1 is 1.04 bits per heavy atom. The molecule has 3 amide bonds. The number of hydrogen-bond acceptors (Lipinski definition) is 7. The lowest BCUT2D eigenvalue weighted by Gasteiger charge is -2.19. The predicted octanol–water partition coefficient (Wildman–Crippen LogP) is -3.09. The van der Waals surface area contributed by atoms with E-state index in [0.29, 0.717) is 0 Å². The minimum Gasteiger partial charge on any atom is -0.481 e. The largest absolute Gasteiger partial charge is 0.481 e. The van der Waals surface area contributed by atoms with Crippen molar-refractivity contribution in [2.24, 2.45) is 5.73 Å². The van der Waals surface area contributed by atoms with Gasteiger partial charge in [0.25, 0.3) is 0 Å². The zero-order chi connectivity index (χ0) is 18.9. The number of carbonyl (C=O) groups is 5. The summed E-state index contributed by atoms with van der Waals surface area (Å²) in [5.74, 6) is -5.39. The number of thiol groups is 1. The van der Waals surface area contributed by atoms with Gasteiger partial charge in [0.1, 0.15) is 12.1 Å². The maximum atomic E-state index is 11.9. The lowest BCUT2D eigenvalue weighted by molar-refractivity contribution is -0.143. The van der Waals surface area contributed by atoms with Gasteiger partial charge in [0.2, 0.25) is 17.7 Å². The summed E-state index contributed by atoms with van der Waals surface area (Å²) in [5.41, 5.74) is 5.29. The highest BCUT2D eigenvalue weighted by Crippen LogP contribution is 1.97. The van der Waals surface area contributed by atoms with Crippen LogP contribution in [0.4, 0.5) is 0 Å². The Bertz CT molecular complexity index is 512. The fraction of sp³-hybridized carbons (Fsp3) is 0.583. The maximum absolute atomic E-state index is 11.9. The molecular formula is C12H20N4O7S. The third-order valence-electron chi connectivity index (χ3n) is 2.66. The van der Waals surface area contributed by atoms with Crippen molar-refractivity contribution in [2.75, 3.05) is 12.3 Å². The molecule has 0 heterocycles. The normalized spacial score (nSPS) is 14.0. The molecule has 0 aliphatic carbocycles. The Balaban J connectivity index is 4.78. The zero-order valence-electron chi connectivity index (χ0n) is 12.8. The van der Waals surface area contributed by atoms with Crippen LogP contribution in [0.3, 0.4) is 0 Å². The van der Waals surface area contributed by atoms with Gasteiger partial charge in [-0.3, -0.25) is 19.2 Å². The van der Waals surface area contributed by atoms with Crippen LogP contribution in [-0.4, -0.2) is 70.3 Å². The molecule has 12 heteroatoms. The molecule has 0 aromatic carbocycles. The molecular weight excluding hydrogens is 344 g/mol. The van der Waals surface area contributed by atoms with Gasteiger partial charge in [-0.15, -0.1) is 0 Å². The number of rotatable bonds is 10. The fourth-order valence-corrected chi connectivity index (χ4v) is 1.66. The van der Waals surface area contributed by atoms with Crippen LogP contribution >= 0.6 is 12.6 Å². The molecule has 11 nitrogen and oxygen atoms in total. The van der Waals surface area contributed by atoms with E-state index in [0.717, 1.165) is 0 Å². The Labute approximate surface area is 142 Å². The van der Waals surface area contributed by atoms with Crippen molar-refractivity contribution in [3.05, 3.63) is 0 Å². The Kier molecular flexibility index (Phi) is 9.42. The average Bonchev–Trinajstić information content (AvgIpc) is 2.48. The lowest BCUT2D eigenvalue weighted by Crippen LogP contribution is -2.54. The smallest absolute Gasteiger partial charge is 0.327 e. The summed E-state index contributed by atoms with van der Waals surface area (Å²) >= 11 is 3.75. The van der Waals surface area contributed by atoms with Crippen molar-refractivity contribution in [3.8, 4) is 0 Å². The SMILES string of the molecule is CC(N)C(=O)NCC(=O)NC(CC(=O)O)C(=O)NC(CS)C(=O)O. The Hall–Kier alpha value is -2.34. The molecule has 0 aliphatic rings. The molecule has 0 saturated heterocycles. The lowest BCUT2D eigenvalue weighted by atomic mass is 10.1. The van der Waals surface area contributed by atoms with Crippen molar-refractivity contribution < 1.29 is 34.2 Å². The minimum atomic E-state index is -1.51. The second-order valence-electron chi connectivity index (χ2n) is 4.81. The first-order chi connectivity index (χ1) is 11.1. The van der Waals surface area contributed by atoms with Gasteiger partial charge in [-0.25, -0.2) is 4.79 Å². The highest BCUT2D eigenvalue weighted by Gasteiger charge is 2.27. The molecule has 24 heavy (non-hydrogen) atoms. The molecule has 0 aromatic rings. The third-order valence-corrected chi connectivity index (χ3v) is 3.03. The van der Waals surface area contributed by atoms with Gasteiger partial charge < -0.3 is 31.9 Å². The van der Waals surface area contributed by atoms with Gasteiger partial charge in [-0.2, -0.15) is 12.6 Å². The molecule has 7 N–H and O–H groups in total. The number of nitrogens with one attached hydrogen (secondary N) is 3. The maximum Gasteiger partial charge on any atom is 0.327 e. The van der Waals surface area contributed by atoms with Crippen LogP contribution < -0.4 is 21.7 Å². The summed E-state index contributed by atoms with van der Waals surface area (Å²) in [6.45, 7) is 0.885. The molecule has 0 aliphatic heterocycles. The van der Waals surface area contributed by atoms with E-state index in [2.05, 4.69) is 28.6 Å². The molecule has 136 valence electrons. The van der Waals surface area contributed by atoms with Crippen molar-refractivity contribution in [3.63, 3.8) is 0 Å². The molecule has 0 rings (SSSR count). The summed E-state index contributed by atoms with van der Waals surface area (Å²) in [4.78, 5) is 56.5. The van der Waals surface area contributed by atoms with Crippen LogP contribution in [0.1, 0.15) is 13.3 Å². The van der Waals surface area contributed by atoms with Gasteiger partial charge in [0, 0.05) is 5.75 Å². The van der Waals surface area contributed by atoms with E-state index in [1.165, 1.54) is 6.92 Å². The van der Waals surface area contributed by atoms with Gasteiger partial charge in [0.15, 0.2) is 0 Å². The summed E-state index contributed by atoms with van der Waals surface area (Å²) < 4.78 is 0. The number of carboxylic acids is 2. The Morgan fingerprint density at radius 2 is 1.62 bits per heavy atom. The van der Waals surface area contributed by atoms with Gasteiger partial charge >= 0.3 is 11.9 Å². The van der Waals surface area contributed by atoms with Crippen LogP contribution in [0.25, 0.3) is 0 Å². The van der Waals surface area contributed by atoms with Gasteiger partial charge in [0.05, 0.1) is 19.0 Å². The highest BCUT2D eigenvalue weighted by molar-refractivity contribution is 7.80. The predicted molar refractivity (Wildman–Crippen MR) is 84.3 cm³/mol. The van der Waals surface area contributed by atoms with E-state index >= 15 is 0 Å². The van der Waals surface area contributed by atoms with Crippen LogP contribution in [0.2, 0.25) is 0 Å². The van der Waals surface area contributed by atoms with E-state index < -0.39 is 60.8 Å². The topological polar surface area (TPSA) is 188 Å². The fourth-order valence-electron chi connectivity index (χ4n) is 1.42. The van der Waals surface area contributed by atoms with Gasteiger partial charge in [-0.05, 0) is 6.92 Å².